The van der Waals surface area contributed by atoms with Gasteiger partial charge in [0, 0.05) is 31.0 Å². The molecule has 2 heterocycles. The van der Waals surface area contributed by atoms with Crippen LogP contribution in [-0.4, -0.2) is 40.4 Å². The lowest BCUT2D eigenvalue weighted by atomic mass is 10.3. The minimum atomic E-state index is -4.77. The Morgan fingerprint density at radius 3 is 2.42 bits per heavy atom. The van der Waals surface area contributed by atoms with Crippen LogP contribution >= 0.6 is 0 Å². The largest absolute Gasteiger partial charge is 0.573 e. The van der Waals surface area contributed by atoms with E-state index in [1.54, 1.807) is 24.4 Å². The molecule has 12 heteroatoms. The fourth-order valence-corrected chi connectivity index (χ4v) is 2.37. The second kappa shape index (κ2) is 10.1. The summed E-state index contributed by atoms with van der Waals surface area (Å²) >= 11 is 0. The molecule has 0 aliphatic rings. The molecule has 0 aliphatic heterocycles. The van der Waals surface area contributed by atoms with Crippen LogP contribution in [0.4, 0.5) is 41.1 Å². The molecule has 1 aromatic carbocycles. The third-order valence-electron chi connectivity index (χ3n) is 3.65. The Balaban J connectivity index is 1.39. The maximum atomic E-state index is 12.1. The van der Waals surface area contributed by atoms with Crippen LogP contribution in [0.15, 0.2) is 61.1 Å². The predicted molar refractivity (Wildman–Crippen MR) is 108 cm³/mol. The fraction of sp³-hybridized carbons (Fsp3) is 0.158. The Morgan fingerprint density at radius 1 is 0.935 bits per heavy atom. The highest BCUT2D eigenvalue weighted by Gasteiger charge is 2.30. The van der Waals surface area contributed by atoms with Gasteiger partial charge < -0.3 is 26.0 Å². The van der Waals surface area contributed by atoms with E-state index >= 15 is 0 Å². The number of urea groups is 1. The highest BCUT2D eigenvalue weighted by atomic mass is 19.4. The molecule has 0 unspecified atom stereocenters. The molecule has 0 fully saturated rings. The smallest absolute Gasteiger partial charge is 0.406 e. The van der Waals surface area contributed by atoms with E-state index in [1.807, 2.05) is 6.07 Å². The van der Waals surface area contributed by atoms with Crippen molar-refractivity contribution in [3.8, 4) is 5.75 Å². The molecular formula is C19H18F3N7O2. The first-order valence-electron chi connectivity index (χ1n) is 9.02. The quantitative estimate of drug-likeness (QED) is 0.400. The summed E-state index contributed by atoms with van der Waals surface area (Å²) < 4.78 is 40.2. The SMILES string of the molecule is O=C(NCCNc1cc(Nc2ccccn2)ncn1)Nc1ccc(OC(F)(F)F)cc1. The number of ether oxygens (including phenoxy) is 1. The van der Waals surface area contributed by atoms with Crippen LogP contribution < -0.4 is 26.0 Å². The van der Waals surface area contributed by atoms with Crippen molar-refractivity contribution in [3.63, 3.8) is 0 Å². The van der Waals surface area contributed by atoms with Crippen molar-refractivity contribution in [1.82, 2.24) is 20.3 Å². The number of alkyl halides is 3. The number of amides is 2. The van der Waals surface area contributed by atoms with Gasteiger partial charge >= 0.3 is 12.4 Å². The molecule has 2 amide bonds. The average molecular weight is 433 g/mol. The summed E-state index contributed by atoms with van der Waals surface area (Å²) in [5.74, 6) is 1.38. The van der Waals surface area contributed by atoms with Crippen molar-refractivity contribution in [2.75, 3.05) is 29.0 Å². The Labute approximate surface area is 175 Å². The van der Waals surface area contributed by atoms with Gasteiger partial charge in [-0.3, -0.25) is 0 Å². The number of halogens is 3. The number of rotatable bonds is 8. The first-order chi connectivity index (χ1) is 14.9. The molecule has 3 aromatic rings. The van der Waals surface area contributed by atoms with Gasteiger partial charge in [0.05, 0.1) is 0 Å². The minimum absolute atomic E-state index is 0.272. The second-order valence-electron chi connectivity index (χ2n) is 6.01. The third kappa shape index (κ3) is 7.68. The first kappa shape index (κ1) is 21.6. The topological polar surface area (TPSA) is 113 Å². The highest BCUT2D eigenvalue weighted by molar-refractivity contribution is 5.89. The molecule has 0 spiro atoms. The molecule has 2 aromatic heterocycles. The van der Waals surface area contributed by atoms with E-state index in [9.17, 15) is 18.0 Å². The number of hydrogen-bond donors (Lipinski definition) is 4. The second-order valence-corrected chi connectivity index (χ2v) is 6.01. The number of pyridine rings is 1. The molecule has 9 nitrogen and oxygen atoms in total. The minimum Gasteiger partial charge on any atom is -0.406 e. The molecule has 31 heavy (non-hydrogen) atoms. The fourth-order valence-electron chi connectivity index (χ4n) is 2.37. The van der Waals surface area contributed by atoms with Crippen LogP contribution in [0.1, 0.15) is 0 Å². The van der Waals surface area contributed by atoms with Crippen LogP contribution in [0.5, 0.6) is 5.75 Å². The summed E-state index contributed by atoms with van der Waals surface area (Å²) in [4.78, 5) is 24.2. The maximum Gasteiger partial charge on any atom is 0.573 e. The third-order valence-corrected chi connectivity index (χ3v) is 3.65. The maximum absolute atomic E-state index is 12.1. The average Bonchev–Trinajstić information content (AvgIpc) is 2.73. The van der Waals surface area contributed by atoms with Gasteiger partial charge in [0.1, 0.15) is 29.5 Å². The summed E-state index contributed by atoms with van der Waals surface area (Å²) in [6, 6.07) is 11.5. The Hall–Kier alpha value is -4.09. The van der Waals surface area contributed by atoms with Gasteiger partial charge in [0.25, 0.3) is 0 Å². The molecular weight excluding hydrogens is 415 g/mol. The predicted octanol–water partition coefficient (Wildman–Crippen LogP) is 3.75. The van der Waals surface area contributed by atoms with Crippen LogP contribution in [-0.2, 0) is 0 Å². The lowest BCUT2D eigenvalue weighted by molar-refractivity contribution is -0.274. The molecule has 4 N–H and O–H groups in total. The first-order valence-corrected chi connectivity index (χ1v) is 9.02. The van der Waals surface area contributed by atoms with Crippen molar-refractivity contribution < 1.29 is 22.7 Å². The van der Waals surface area contributed by atoms with E-state index < -0.39 is 12.4 Å². The van der Waals surface area contributed by atoms with Gasteiger partial charge in [-0.05, 0) is 36.4 Å². The number of aromatic nitrogens is 3. The summed E-state index contributed by atoms with van der Waals surface area (Å²) in [6.07, 6.45) is -1.72. The lowest BCUT2D eigenvalue weighted by Gasteiger charge is -2.11. The van der Waals surface area contributed by atoms with Crippen molar-refractivity contribution >= 4 is 29.2 Å². The van der Waals surface area contributed by atoms with Crippen molar-refractivity contribution in [2.45, 2.75) is 6.36 Å². The van der Waals surface area contributed by atoms with Crippen molar-refractivity contribution in [2.24, 2.45) is 0 Å². The molecule has 0 saturated carbocycles. The van der Waals surface area contributed by atoms with Crippen molar-refractivity contribution in [3.05, 3.63) is 61.1 Å². The van der Waals surface area contributed by atoms with Crippen LogP contribution in [0.2, 0.25) is 0 Å². The van der Waals surface area contributed by atoms with Crippen molar-refractivity contribution in [1.29, 1.82) is 0 Å². The number of hydrogen-bond acceptors (Lipinski definition) is 7. The van der Waals surface area contributed by atoms with Gasteiger partial charge in [-0.2, -0.15) is 0 Å². The number of carbonyl (C=O) groups is 1. The van der Waals surface area contributed by atoms with Gasteiger partial charge in [-0.15, -0.1) is 13.2 Å². The molecule has 0 radical (unpaired) electrons. The van der Waals surface area contributed by atoms with Crippen LogP contribution in [0, 0.1) is 0 Å². The van der Waals surface area contributed by atoms with Gasteiger partial charge in [-0.25, -0.2) is 19.7 Å². The molecule has 0 aliphatic carbocycles. The number of carbonyl (C=O) groups excluding carboxylic acids is 1. The molecule has 162 valence electrons. The Morgan fingerprint density at radius 2 is 1.71 bits per heavy atom. The van der Waals surface area contributed by atoms with Crippen LogP contribution in [0.3, 0.4) is 0 Å². The van der Waals surface area contributed by atoms with E-state index in [0.29, 0.717) is 29.7 Å². The Bertz CT molecular complexity index is 986. The lowest BCUT2D eigenvalue weighted by Crippen LogP contribution is -2.32. The summed E-state index contributed by atoms with van der Waals surface area (Å²) in [5.41, 5.74) is 0.320. The zero-order valence-corrected chi connectivity index (χ0v) is 16.0. The molecule has 0 bridgehead atoms. The number of nitrogens with one attached hydrogen (secondary N) is 4. The molecule has 3 rings (SSSR count). The van der Waals surface area contributed by atoms with Gasteiger partial charge in [-0.1, -0.05) is 6.07 Å². The normalized spacial score (nSPS) is 10.8. The Kier molecular flexibility index (Phi) is 7.04. The molecule has 0 saturated heterocycles. The van der Waals surface area contributed by atoms with E-state index in [1.165, 1.54) is 18.5 Å². The van der Waals surface area contributed by atoms with E-state index in [-0.39, 0.29) is 12.3 Å². The summed E-state index contributed by atoms with van der Waals surface area (Å²) in [5, 5.41) is 11.2. The number of benzene rings is 1. The zero-order chi connectivity index (χ0) is 22.1. The van der Waals surface area contributed by atoms with E-state index in [4.69, 9.17) is 0 Å². The van der Waals surface area contributed by atoms with Gasteiger partial charge in [0.2, 0.25) is 0 Å². The van der Waals surface area contributed by atoms with Crippen LogP contribution in [0.25, 0.3) is 0 Å². The standard InChI is InChI=1S/C19H18F3N7O2/c20-19(21,22)31-14-6-4-13(5-7-14)28-18(30)25-10-9-24-16-11-17(27-12-26-16)29-15-3-1-2-8-23-15/h1-8,11-12H,9-10H2,(H2,25,28,30)(H2,23,24,26,27,29). The van der Waals surface area contributed by atoms with Gasteiger partial charge in [0.15, 0.2) is 0 Å². The highest BCUT2D eigenvalue weighted by Crippen LogP contribution is 2.23. The summed E-state index contributed by atoms with van der Waals surface area (Å²) in [6.45, 7) is 0.653. The van der Waals surface area contributed by atoms with E-state index in [0.717, 1.165) is 12.1 Å². The monoisotopic (exact) mass is 433 g/mol. The number of anilines is 4. The number of nitrogens with zero attached hydrogens (tertiary/aromatic N) is 3. The van der Waals surface area contributed by atoms with E-state index in [2.05, 4.69) is 41.0 Å². The summed E-state index contributed by atoms with van der Waals surface area (Å²) in [7, 11) is 0. The zero-order valence-electron chi connectivity index (χ0n) is 16.0. The molecule has 0 atom stereocenters.